The molecule has 1 rings (SSSR count). The molecule has 106 valence electrons. The normalized spacial score (nSPS) is 12.2. The quantitative estimate of drug-likeness (QED) is 0.737. The zero-order chi connectivity index (χ0) is 14.6. The van der Waals surface area contributed by atoms with Gasteiger partial charge in [-0.15, -0.1) is 0 Å². The number of halogens is 1. The number of esters is 1. The highest BCUT2D eigenvalue weighted by Crippen LogP contribution is 2.09. The molecule has 0 spiro atoms. The van der Waals surface area contributed by atoms with E-state index in [0.717, 1.165) is 9.13 Å². The van der Waals surface area contributed by atoms with Crippen molar-refractivity contribution < 1.29 is 9.53 Å². The lowest BCUT2D eigenvalue weighted by molar-refractivity contribution is -0.141. The summed E-state index contributed by atoms with van der Waals surface area (Å²) in [6.45, 7) is 1.56. The zero-order valence-corrected chi connectivity index (χ0v) is 13.3. The topological polar surface area (TPSA) is 70.3 Å². The van der Waals surface area contributed by atoms with Gasteiger partial charge in [-0.1, -0.05) is 0 Å². The standard InChI is InChI=1S/C11H15BrN2O4S/c1-7(6-19-3)14-10(16)8(12)4-13(11(14)17)5-9(15)18-2/h4,7H,5-6H2,1-3H3. The Morgan fingerprint density at radius 3 is 2.68 bits per heavy atom. The number of carbonyl (C=O) groups is 1. The average molecular weight is 351 g/mol. The molecule has 1 heterocycles. The monoisotopic (exact) mass is 350 g/mol. The molecule has 1 aromatic rings. The van der Waals surface area contributed by atoms with Crippen LogP contribution < -0.4 is 11.2 Å². The molecule has 1 atom stereocenters. The Hall–Kier alpha value is -1.02. The number of ether oxygens (including phenoxy) is 1. The van der Waals surface area contributed by atoms with Crippen molar-refractivity contribution in [2.75, 3.05) is 19.1 Å². The van der Waals surface area contributed by atoms with Gasteiger partial charge >= 0.3 is 11.7 Å². The summed E-state index contributed by atoms with van der Waals surface area (Å²) in [6, 6.07) is -0.253. The summed E-state index contributed by atoms with van der Waals surface area (Å²) in [7, 11) is 1.24. The zero-order valence-electron chi connectivity index (χ0n) is 10.9. The first kappa shape index (κ1) is 16.0. The second-order valence-electron chi connectivity index (χ2n) is 3.94. The third kappa shape index (κ3) is 3.73. The lowest BCUT2D eigenvalue weighted by atomic mass is 10.4. The summed E-state index contributed by atoms with van der Waals surface area (Å²) in [5, 5.41) is 0. The van der Waals surface area contributed by atoms with E-state index in [9.17, 15) is 14.4 Å². The minimum absolute atomic E-state index is 0.222. The van der Waals surface area contributed by atoms with Crippen LogP contribution in [0.2, 0.25) is 0 Å². The molecule has 0 N–H and O–H groups in total. The van der Waals surface area contributed by atoms with Crippen LogP contribution in [0.15, 0.2) is 20.3 Å². The van der Waals surface area contributed by atoms with Crippen molar-refractivity contribution in [3.05, 3.63) is 31.5 Å². The minimum Gasteiger partial charge on any atom is -0.468 e. The molecule has 0 saturated carbocycles. The molecular formula is C11H15BrN2O4S. The minimum atomic E-state index is -0.545. The van der Waals surface area contributed by atoms with Gasteiger partial charge < -0.3 is 4.74 Å². The van der Waals surface area contributed by atoms with Gasteiger partial charge in [0, 0.05) is 18.0 Å². The van der Waals surface area contributed by atoms with Crippen LogP contribution in [0.25, 0.3) is 0 Å². The maximum atomic E-state index is 12.2. The predicted octanol–water partition coefficient (Wildman–Crippen LogP) is 0.869. The van der Waals surface area contributed by atoms with Crippen molar-refractivity contribution in [3.63, 3.8) is 0 Å². The van der Waals surface area contributed by atoms with Gasteiger partial charge in [0.2, 0.25) is 0 Å². The molecule has 1 unspecified atom stereocenters. The van der Waals surface area contributed by atoms with Crippen molar-refractivity contribution in [2.45, 2.75) is 19.5 Å². The molecule has 0 saturated heterocycles. The van der Waals surface area contributed by atoms with Crippen LogP contribution in [0.4, 0.5) is 0 Å². The molecule has 0 aromatic carbocycles. The molecule has 6 nitrogen and oxygen atoms in total. The van der Waals surface area contributed by atoms with Gasteiger partial charge in [0.25, 0.3) is 5.56 Å². The first-order valence-corrected chi connectivity index (χ1v) is 7.68. The lowest BCUT2D eigenvalue weighted by Gasteiger charge is -2.15. The van der Waals surface area contributed by atoms with Gasteiger partial charge in [-0.2, -0.15) is 11.8 Å². The fourth-order valence-corrected chi connectivity index (χ4v) is 2.68. The van der Waals surface area contributed by atoms with Crippen LogP contribution in [0.5, 0.6) is 0 Å². The maximum absolute atomic E-state index is 12.2. The molecule has 0 fully saturated rings. The molecule has 0 amide bonds. The first-order valence-electron chi connectivity index (χ1n) is 5.49. The highest BCUT2D eigenvalue weighted by atomic mass is 79.9. The number of aromatic nitrogens is 2. The fourth-order valence-electron chi connectivity index (χ4n) is 1.61. The number of thioether (sulfide) groups is 1. The Kier molecular flexibility index (Phi) is 5.86. The largest absolute Gasteiger partial charge is 0.468 e. The first-order chi connectivity index (χ1) is 8.92. The Morgan fingerprint density at radius 1 is 1.53 bits per heavy atom. The lowest BCUT2D eigenvalue weighted by Crippen LogP contribution is -2.43. The van der Waals surface area contributed by atoms with Crippen LogP contribution >= 0.6 is 27.7 Å². The molecule has 1 aromatic heterocycles. The van der Waals surface area contributed by atoms with Crippen molar-refractivity contribution in [3.8, 4) is 0 Å². The average Bonchev–Trinajstić information content (AvgIpc) is 2.36. The van der Waals surface area contributed by atoms with E-state index in [1.807, 2.05) is 6.26 Å². The molecule has 0 aliphatic carbocycles. The summed E-state index contributed by atoms with van der Waals surface area (Å²) >= 11 is 4.65. The van der Waals surface area contributed by atoms with Crippen LogP contribution in [0.3, 0.4) is 0 Å². The molecule has 8 heteroatoms. The third-order valence-electron chi connectivity index (χ3n) is 2.52. The van der Waals surface area contributed by atoms with E-state index >= 15 is 0 Å². The Balaban J connectivity index is 3.34. The van der Waals surface area contributed by atoms with Gasteiger partial charge in [-0.25, -0.2) is 4.79 Å². The van der Waals surface area contributed by atoms with E-state index in [-0.39, 0.29) is 17.1 Å². The van der Waals surface area contributed by atoms with Crippen LogP contribution in [0, 0.1) is 0 Å². The van der Waals surface area contributed by atoms with Crippen LogP contribution in [-0.4, -0.2) is 34.2 Å². The maximum Gasteiger partial charge on any atom is 0.331 e. The number of nitrogens with zero attached hydrogens (tertiary/aromatic N) is 2. The van der Waals surface area contributed by atoms with Gasteiger partial charge in [0.1, 0.15) is 6.54 Å². The molecule has 0 radical (unpaired) electrons. The summed E-state index contributed by atoms with van der Waals surface area (Å²) in [5.41, 5.74) is -0.909. The molecule has 19 heavy (non-hydrogen) atoms. The SMILES string of the molecule is COC(=O)Cn1cc(Br)c(=O)n(C(C)CSC)c1=O. The number of rotatable bonds is 5. The highest BCUT2D eigenvalue weighted by molar-refractivity contribution is 9.10. The number of methoxy groups -OCH3 is 1. The van der Waals surface area contributed by atoms with Crippen molar-refractivity contribution >= 4 is 33.7 Å². The predicted molar refractivity (Wildman–Crippen MR) is 77.8 cm³/mol. The van der Waals surface area contributed by atoms with Crippen molar-refractivity contribution in [2.24, 2.45) is 0 Å². The Morgan fingerprint density at radius 2 is 2.16 bits per heavy atom. The second kappa shape index (κ2) is 6.95. The number of carbonyl (C=O) groups excluding carboxylic acids is 1. The summed E-state index contributed by atoms with van der Waals surface area (Å²) in [6.07, 6.45) is 3.20. The van der Waals surface area contributed by atoms with E-state index in [1.54, 1.807) is 6.92 Å². The van der Waals surface area contributed by atoms with Crippen molar-refractivity contribution in [1.82, 2.24) is 9.13 Å². The highest BCUT2D eigenvalue weighted by Gasteiger charge is 2.16. The van der Waals surface area contributed by atoms with Crippen molar-refractivity contribution in [1.29, 1.82) is 0 Å². The van der Waals surface area contributed by atoms with E-state index in [4.69, 9.17) is 0 Å². The van der Waals surface area contributed by atoms with E-state index in [2.05, 4.69) is 20.7 Å². The Bertz CT molecular complexity index is 581. The van der Waals surface area contributed by atoms with Gasteiger partial charge in [-0.05, 0) is 29.1 Å². The fraction of sp³-hybridized carbons (Fsp3) is 0.545. The smallest absolute Gasteiger partial charge is 0.331 e. The number of hydrogen-bond acceptors (Lipinski definition) is 5. The molecule has 0 aliphatic heterocycles. The van der Waals surface area contributed by atoms with E-state index in [1.165, 1.54) is 25.1 Å². The third-order valence-corrected chi connectivity index (χ3v) is 3.88. The molecular weight excluding hydrogens is 336 g/mol. The van der Waals surface area contributed by atoms with Gasteiger partial charge in [0.15, 0.2) is 0 Å². The molecule has 0 bridgehead atoms. The van der Waals surface area contributed by atoms with E-state index in [0.29, 0.717) is 5.75 Å². The van der Waals surface area contributed by atoms with E-state index < -0.39 is 17.2 Å². The van der Waals surface area contributed by atoms with Crippen LogP contribution in [-0.2, 0) is 16.1 Å². The second-order valence-corrected chi connectivity index (χ2v) is 5.71. The Labute approximate surface area is 122 Å². The van der Waals surface area contributed by atoms with Gasteiger partial charge in [-0.3, -0.25) is 18.7 Å². The molecule has 0 aliphatic rings. The van der Waals surface area contributed by atoms with Gasteiger partial charge in [0.05, 0.1) is 11.6 Å². The number of hydrogen-bond donors (Lipinski definition) is 0. The summed E-state index contributed by atoms with van der Waals surface area (Å²) in [5.74, 6) is 0.0841. The summed E-state index contributed by atoms with van der Waals surface area (Å²) < 4.78 is 7.06. The summed E-state index contributed by atoms with van der Waals surface area (Å²) in [4.78, 5) is 35.4. The van der Waals surface area contributed by atoms with Crippen LogP contribution in [0.1, 0.15) is 13.0 Å².